The second-order valence-electron chi connectivity index (χ2n) is 3.29. The SMILES string of the molecule is C=C1C=CC(=O)C=C1.C=C1C=CC(=O)C=C1.CC. The molecule has 0 radical (unpaired) electrons. The third-order valence-electron chi connectivity index (χ3n) is 1.85. The van der Waals surface area contributed by atoms with E-state index in [1.807, 2.05) is 13.8 Å². The Morgan fingerprint density at radius 2 is 0.833 bits per heavy atom. The van der Waals surface area contributed by atoms with E-state index in [0.717, 1.165) is 11.1 Å². The fraction of sp³-hybridized carbons (Fsp3) is 0.125. The number of ketones is 2. The molecule has 2 aliphatic rings. The van der Waals surface area contributed by atoms with Crippen molar-refractivity contribution in [3.63, 3.8) is 0 Å². The molecule has 0 atom stereocenters. The molecule has 0 spiro atoms. The van der Waals surface area contributed by atoms with Gasteiger partial charge < -0.3 is 0 Å². The highest BCUT2D eigenvalue weighted by Gasteiger charge is 1.93. The van der Waals surface area contributed by atoms with Gasteiger partial charge in [-0.15, -0.1) is 0 Å². The monoisotopic (exact) mass is 242 g/mol. The van der Waals surface area contributed by atoms with Crippen molar-refractivity contribution in [2.24, 2.45) is 0 Å². The second kappa shape index (κ2) is 8.88. The maximum Gasteiger partial charge on any atom is 0.178 e. The van der Waals surface area contributed by atoms with Gasteiger partial charge in [0.1, 0.15) is 0 Å². The predicted octanol–water partition coefficient (Wildman–Crippen LogP) is 3.50. The van der Waals surface area contributed by atoms with Gasteiger partial charge in [0.15, 0.2) is 11.6 Å². The maximum absolute atomic E-state index is 10.4. The molecule has 2 aliphatic carbocycles. The van der Waals surface area contributed by atoms with Crippen LogP contribution < -0.4 is 0 Å². The van der Waals surface area contributed by atoms with Gasteiger partial charge in [0.2, 0.25) is 0 Å². The summed E-state index contributed by atoms with van der Waals surface area (Å²) in [6.45, 7) is 11.2. The number of hydrogen-bond donors (Lipinski definition) is 0. The molecule has 0 heterocycles. The minimum absolute atomic E-state index is 0.0393. The Bertz CT molecular complexity index is 337. The molecule has 2 heteroatoms. The van der Waals surface area contributed by atoms with Gasteiger partial charge in [0, 0.05) is 0 Å². The Morgan fingerprint density at radius 1 is 0.611 bits per heavy atom. The maximum atomic E-state index is 10.4. The van der Waals surface area contributed by atoms with Gasteiger partial charge in [0.05, 0.1) is 0 Å². The van der Waals surface area contributed by atoms with Crippen molar-refractivity contribution in [2.45, 2.75) is 13.8 Å². The van der Waals surface area contributed by atoms with Crippen molar-refractivity contribution in [3.05, 3.63) is 72.9 Å². The number of hydrogen-bond acceptors (Lipinski definition) is 2. The molecule has 2 rings (SSSR count). The highest BCUT2D eigenvalue weighted by Crippen LogP contribution is 2.01. The highest BCUT2D eigenvalue weighted by atomic mass is 16.1. The Kier molecular flexibility index (Phi) is 7.78. The van der Waals surface area contributed by atoms with Crippen molar-refractivity contribution in [2.75, 3.05) is 0 Å². The standard InChI is InChI=1S/2C7H6O.C2H6/c2*1-6-2-4-7(8)5-3-6;1-2/h2*2-5H,1H2;1-2H3. The molecule has 0 N–H and O–H groups in total. The summed E-state index contributed by atoms with van der Waals surface area (Å²) in [6, 6.07) is 0. The summed E-state index contributed by atoms with van der Waals surface area (Å²) in [7, 11) is 0. The zero-order chi connectivity index (χ0) is 14.0. The van der Waals surface area contributed by atoms with E-state index in [1.165, 1.54) is 24.3 Å². The molecular formula is C16H18O2. The van der Waals surface area contributed by atoms with Crippen LogP contribution in [0, 0.1) is 0 Å². The molecule has 0 aliphatic heterocycles. The molecule has 94 valence electrons. The van der Waals surface area contributed by atoms with Crippen molar-refractivity contribution in [1.29, 1.82) is 0 Å². The first kappa shape index (κ1) is 15.8. The summed E-state index contributed by atoms with van der Waals surface area (Å²) in [6.07, 6.45) is 12.8. The lowest BCUT2D eigenvalue weighted by Gasteiger charge is -1.92. The highest BCUT2D eigenvalue weighted by molar-refractivity contribution is 6.01. The van der Waals surface area contributed by atoms with E-state index in [-0.39, 0.29) is 11.6 Å². The third-order valence-corrected chi connectivity index (χ3v) is 1.85. The lowest BCUT2D eigenvalue weighted by atomic mass is 10.1. The molecule has 0 unspecified atom stereocenters. The van der Waals surface area contributed by atoms with Crippen LogP contribution in [0.1, 0.15) is 13.8 Å². The van der Waals surface area contributed by atoms with E-state index in [0.29, 0.717) is 0 Å². The second-order valence-corrected chi connectivity index (χ2v) is 3.29. The van der Waals surface area contributed by atoms with Crippen LogP contribution in [-0.2, 0) is 9.59 Å². The van der Waals surface area contributed by atoms with Crippen molar-refractivity contribution < 1.29 is 9.59 Å². The van der Waals surface area contributed by atoms with Crippen molar-refractivity contribution in [3.8, 4) is 0 Å². The Morgan fingerprint density at radius 3 is 1.00 bits per heavy atom. The number of carbonyl (C=O) groups excluding carboxylic acids is 2. The van der Waals surface area contributed by atoms with Crippen LogP contribution in [0.2, 0.25) is 0 Å². The molecular weight excluding hydrogens is 224 g/mol. The molecule has 0 saturated carbocycles. The molecule has 2 nitrogen and oxygen atoms in total. The van der Waals surface area contributed by atoms with Gasteiger partial charge >= 0.3 is 0 Å². The average Bonchev–Trinajstić information content (AvgIpc) is 2.40. The first-order valence-corrected chi connectivity index (χ1v) is 5.76. The van der Waals surface area contributed by atoms with E-state index in [2.05, 4.69) is 13.2 Å². The molecule has 0 aromatic heterocycles. The van der Waals surface area contributed by atoms with Crippen LogP contribution in [0.3, 0.4) is 0 Å². The third kappa shape index (κ3) is 7.12. The van der Waals surface area contributed by atoms with Crippen LogP contribution in [0.4, 0.5) is 0 Å². The van der Waals surface area contributed by atoms with Gasteiger partial charge in [-0.05, 0) is 35.5 Å². The van der Waals surface area contributed by atoms with Crippen LogP contribution in [0.25, 0.3) is 0 Å². The van der Waals surface area contributed by atoms with Crippen LogP contribution >= 0.6 is 0 Å². The number of rotatable bonds is 0. The molecule has 0 saturated heterocycles. The Labute approximate surface area is 108 Å². The molecule has 0 fully saturated rings. The topological polar surface area (TPSA) is 34.1 Å². The van der Waals surface area contributed by atoms with Crippen molar-refractivity contribution in [1.82, 2.24) is 0 Å². The minimum Gasteiger partial charge on any atom is -0.290 e. The molecule has 0 amide bonds. The molecule has 0 aromatic rings. The summed E-state index contributed by atoms with van der Waals surface area (Å²) in [5.41, 5.74) is 1.76. The van der Waals surface area contributed by atoms with Crippen LogP contribution in [-0.4, -0.2) is 11.6 Å². The number of carbonyl (C=O) groups is 2. The van der Waals surface area contributed by atoms with E-state index >= 15 is 0 Å². The van der Waals surface area contributed by atoms with Crippen LogP contribution in [0.5, 0.6) is 0 Å². The summed E-state index contributed by atoms with van der Waals surface area (Å²) < 4.78 is 0. The average molecular weight is 242 g/mol. The lowest BCUT2D eigenvalue weighted by molar-refractivity contribution is -0.111. The smallest absolute Gasteiger partial charge is 0.178 e. The lowest BCUT2D eigenvalue weighted by Crippen LogP contribution is -1.89. The molecule has 0 bridgehead atoms. The van der Waals surface area contributed by atoms with Gasteiger partial charge in [-0.25, -0.2) is 0 Å². The quantitative estimate of drug-likeness (QED) is 0.651. The molecule has 0 aromatic carbocycles. The Hall–Kier alpha value is -2.22. The first-order valence-electron chi connectivity index (χ1n) is 5.76. The van der Waals surface area contributed by atoms with E-state index < -0.39 is 0 Å². The summed E-state index contributed by atoms with van der Waals surface area (Å²) in [5.74, 6) is 0.0785. The van der Waals surface area contributed by atoms with E-state index in [4.69, 9.17) is 0 Å². The zero-order valence-electron chi connectivity index (χ0n) is 10.8. The van der Waals surface area contributed by atoms with Gasteiger partial charge in [-0.2, -0.15) is 0 Å². The van der Waals surface area contributed by atoms with Crippen LogP contribution in [0.15, 0.2) is 72.9 Å². The fourth-order valence-electron chi connectivity index (χ4n) is 0.979. The Balaban J connectivity index is 0.000000283. The summed E-state index contributed by atoms with van der Waals surface area (Å²) in [4.78, 5) is 20.8. The summed E-state index contributed by atoms with van der Waals surface area (Å²) in [5, 5.41) is 0. The summed E-state index contributed by atoms with van der Waals surface area (Å²) >= 11 is 0. The normalized spacial score (nSPS) is 15.9. The predicted molar refractivity (Wildman–Crippen MR) is 76.2 cm³/mol. The van der Waals surface area contributed by atoms with Gasteiger partial charge in [-0.1, -0.05) is 51.3 Å². The van der Waals surface area contributed by atoms with Gasteiger partial charge in [0.25, 0.3) is 0 Å². The fourth-order valence-corrected chi connectivity index (χ4v) is 0.979. The largest absolute Gasteiger partial charge is 0.290 e. The van der Waals surface area contributed by atoms with E-state index in [1.54, 1.807) is 24.3 Å². The van der Waals surface area contributed by atoms with Gasteiger partial charge in [-0.3, -0.25) is 9.59 Å². The van der Waals surface area contributed by atoms with E-state index in [9.17, 15) is 9.59 Å². The van der Waals surface area contributed by atoms with Crippen molar-refractivity contribution >= 4 is 11.6 Å². The minimum atomic E-state index is 0.0393. The zero-order valence-corrected chi connectivity index (χ0v) is 10.8. The molecule has 18 heavy (non-hydrogen) atoms. The number of allylic oxidation sites excluding steroid dienone is 10. The first-order chi connectivity index (χ1) is 8.58.